The van der Waals surface area contributed by atoms with Gasteiger partial charge in [-0.2, -0.15) is 0 Å². The van der Waals surface area contributed by atoms with Crippen LogP contribution in [0, 0.1) is 11.6 Å². The first kappa shape index (κ1) is 22.5. The number of rotatable bonds is 6. The molecule has 1 heterocycles. The molecule has 5 nitrogen and oxygen atoms in total. The summed E-state index contributed by atoms with van der Waals surface area (Å²) in [7, 11) is 1.64. The van der Waals surface area contributed by atoms with Crippen molar-refractivity contribution in [3.05, 3.63) is 89.8 Å². The molecule has 2 aromatic carbocycles. The monoisotopic (exact) mass is 510 g/mol. The fourth-order valence-corrected chi connectivity index (χ4v) is 2.47. The van der Waals surface area contributed by atoms with Gasteiger partial charge in [0.2, 0.25) is 0 Å². The summed E-state index contributed by atoms with van der Waals surface area (Å²) < 4.78 is 32.7. The molecule has 0 atom stereocenters. The van der Waals surface area contributed by atoms with Crippen molar-refractivity contribution in [3.63, 3.8) is 0 Å². The number of nitrogens with zero attached hydrogens (tertiary/aromatic N) is 2. The van der Waals surface area contributed by atoms with Crippen molar-refractivity contribution in [1.29, 1.82) is 0 Å². The second kappa shape index (κ2) is 11.3. The predicted molar refractivity (Wildman–Crippen MR) is 120 cm³/mol. The fourth-order valence-electron chi connectivity index (χ4n) is 2.47. The Hall–Kier alpha value is -2.75. The molecule has 0 aliphatic heterocycles. The van der Waals surface area contributed by atoms with E-state index < -0.39 is 5.82 Å². The molecule has 0 aliphatic rings. The third-order valence-corrected chi connectivity index (χ3v) is 3.92. The molecule has 29 heavy (non-hydrogen) atoms. The average Bonchev–Trinajstić information content (AvgIpc) is 2.72. The van der Waals surface area contributed by atoms with Gasteiger partial charge in [0.1, 0.15) is 11.6 Å². The molecule has 0 aliphatic carbocycles. The first-order valence-corrected chi connectivity index (χ1v) is 8.69. The zero-order valence-corrected chi connectivity index (χ0v) is 18.1. The Morgan fingerprint density at radius 1 is 1.00 bits per heavy atom. The molecule has 0 bridgehead atoms. The third-order valence-electron chi connectivity index (χ3n) is 3.92. The molecule has 0 fully saturated rings. The van der Waals surface area contributed by atoms with Gasteiger partial charge in [-0.15, -0.1) is 24.0 Å². The van der Waals surface area contributed by atoms with Gasteiger partial charge in [-0.3, -0.25) is 9.98 Å². The lowest BCUT2D eigenvalue weighted by Crippen LogP contribution is -2.36. The van der Waals surface area contributed by atoms with Crippen molar-refractivity contribution in [1.82, 2.24) is 15.6 Å². The summed E-state index contributed by atoms with van der Waals surface area (Å²) in [5.41, 5.74) is 1.66. The Morgan fingerprint density at radius 2 is 1.69 bits per heavy atom. The first-order chi connectivity index (χ1) is 13.6. The van der Waals surface area contributed by atoms with Crippen LogP contribution in [0.5, 0.6) is 11.5 Å². The lowest BCUT2D eigenvalue weighted by Gasteiger charge is -2.13. The van der Waals surface area contributed by atoms with Crippen LogP contribution >= 0.6 is 24.0 Å². The number of pyridine rings is 1. The third kappa shape index (κ3) is 6.97. The molecule has 152 valence electrons. The van der Waals surface area contributed by atoms with Gasteiger partial charge in [0.25, 0.3) is 0 Å². The molecule has 8 heteroatoms. The minimum Gasteiger partial charge on any atom is -0.453 e. The molecule has 0 unspecified atom stereocenters. The lowest BCUT2D eigenvalue weighted by molar-refractivity contribution is 0.440. The summed E-state index contributed by atoms with van der Waals surface area (Å²) in [5, 5.41) is 6.24. The highest BCUT2D eigenvalue weighted by Gasteiger charge is 2.07. The smallest absolute Gasteiger partial charge is 0.191 e. The van der Waals surface area contributed by atoms with Gasteiger partial charge in [0, 0.05) is 26.3 Å². The standard InChI is InChI=1S/C21H20F2N4O.HI/c1-24-21(26-12-15-4-7-17(22)8-5-15)27-13-16-6-9-20(19(23)11-16)28-18-3-2-10-25-14-18;/h2-11,14H,12-13H2,1H3,(H2,24,26,27);1H. The van der Waals surface area contributed by atoms with Gasteiger partial charge in [0.15, 0.2) is 17.5 Å². The Bertz CT molecular complexity index is 937. The van der Waals surface area contributed by atoms with Crippen LogP contribution in [0.15, 0.2) is 72.0 Å². The van der Waals surface area contributed by atoms with E-state index in [4.69, 9.17) is 4.74 Å². The number of halogens is 3. The maximum atomic E-state index is 14.3. The highest BCUT2D eigenvalue weighted by molar-refractivity contribution is 14.0. The Labute approximate surface area is 185 Å². The molecule has 3 aromatic rings. The highest BCUT2D eigenvalue weighted by Crippen LogP contribution is 2.24. The van der Waals surface area contributed by atoms with E-state index in [1.54, 1.807) is 49.6 Å². The molecule has 0 amide bonds. The molecule has 0 saturated carbocycles. The van der Waals surface area contributed by atoms with Crippen LogP contribution in [0.25, 0.3) is 0 Å². The van der Waals surface area contributed by atoms with Crippen molar-refractivity contribution >= 4 is 29.9 Å². The Morgan fingerprint density at radius 3 is 2.31 bits per heavy atom. The van der Waals surface area contributed by atoms with E-state index in [0.717, 1.165) is 11.1 Å². The first-order valence-electron chi connectivity index (χ1n) is 8.69. The molecule has 0 spiro atoms. The quantitative estimate of drug-likeness (QED) is 0.289. The molecule has 3 rings (SSSR count). The number of hydrogen-bond acceptors (Lipinski definition) is 3. The van der Waals surface area contributed by atoms with Crippen LogP contribution in [0.4, 0.5) is 8.78 Å². The number of ether oxygens (including phenoxy) is 1. The van der Waals surface area contributed by atoms with E-state index in [2.05, 4.69) is 20.6 Å². The molecule has 1 aromatic heterocycles. The number of aromatic nitrogens is 1. The Kier molecular flexibility index (Phi) is 8.78. The number of aliphatic imine (C=N–C) groups is 1. The molecular formula is C21H21F2IN4O. The van der Waals surface area contributed by atoms with E-state index >= 15 is 0 Å². The summed E-state index contributed by atoms with van der Waals surface area (Å²) >= 11 is 0. The largest absolute Gasteiger partial charge is 0.453 e. The van der Waals surface area contributed by atoms with Crippen LogP contribution in [0.1, 0.15) is 11.1 Å². The fraction of sp³-hybridized carbons (Fsp3) is 0.143. The van der Waals surface area contributed by atoms with Crippen molar-refractivity contribution < 1.29 is 13.5 Å². The van der Waals surface area contributed by atoms with E-state index in [1.165, 1.54) is 24.4 Å². The van der Waals surface area contributed by atoms with Crippen LogP contribution in [0.3, 0.4) is 0 Å². The van der Waals surface area contributed by atoms with Crippen molar-refractivity contribution in [2.75, 3.05) is 7.05 Å². The summed E-state index contributed by atoms with van der Waals surface area (Å²) in [4.78, 5) is 8.06. The van der Waals surface area contributed by atoms with Gasteiger partial charge in [-0.1, -0.05) is 18.2 Å². The number of hydrogen-bond donors (Lipinski definition) is 2. The second-order valence-corrected chi connectivity index (χ2v) is 5.96. The van der Waals surface area contributed by atoms with Crippen LogP contribution in [0.2, 0.25) is 0 Å². The molecule has 0 radical (unpaired) electrons. The zero-order valence-electron chi connectivity index (χ0n) is 15.7. The summed E-state index contributed by atoms with van der Waals surface area (Å²) in [6.07, 6.45) is 3.14. The second-order valence-electron chi connectivity index (χ2n) is 5.96. The van der Waals surface area contributed by atoms with Gasteiger partial charge in [0.05, 0.1) is 6.20 Å². The molecule has 0 saturated heterocycles. The zero-order chi connectivity index (χ0) is 19.8. The Balaban J connectivity index is 0.00000300. The van der Waals surface area contributed by atoms with Gasteiger partial charge in [-0.05, 0) is 47.5 Å². The lowest BCUT2D eigenvalue weighted by atomic mass is 10.2. The number of guanidine groups is 1. The van der Waals surface area contributed by atoms with Crippen LogP contribution in [-0.4, -0.2) is 18.0 Å². The van der Waals surface area contributed by atoms with E-state index in [9.17, 15) is 8.78 Å². The topological polar surface area (TPSA) is 58.5 Å². The van der Waals surface area contributed by atoms with Gasteiger partial charge < -0.3 is 15.4 Å². The van der Waals surface area contributed by atoms with E-state index in [1.807, 2.05) is 0 Å². The minimum absolute atomic E-state index is 0. The van der Waals surface area contributed by atoms with E-state index in [0.29, 0.717) is 24.8 Å². The van der Waals surface area contributed by atoms with Gasteiger partial charge in [-0.25, -0.2) is 8.78 Å². The van der Waals surface area contributed by atoms with E-state index in [-0.39, 0.29) is 35.5 Å². The van der Waals surface area contributed by atoms with Gasteiger partial charge >= 0.3 is 0 Å². The summed E-state index contributed by atoms with van der Waals surface area (Å²) in [6, 6.07) is 14.4. The van der Waals surface area contributed by atoms with Crippen molar-refractivity contribution in [2.24, 2.45) is 4.99 Å². The molecule has 2 N–H and O–H groups in total. The van der Waals surface area contributed by atoms with Crippen LogP contribution < -0.4 is 15.4 Å². The SMILES string of the molecule is CN=C(NCc1ccc(F)cc1)NCc1ccc(Oc2cccnc2)c(F)c1.I. The predicted octanol–water partition coefficient (Wildman–Crippen LogP) is 4.64. The normalized spacial score (nSPS) is 10.8. The maximum absolute atomic E-state index is 14.3. The average molecular weight is 510 g/mol. The number of benzene rings is 2. The minimum atomic E-state index is -0.461. The molecular weight excluding hydrogens is 489 g/mol. The van der Waals surface area contributed by atoms with Crippen molar-refractivity contribution in [3.8, 4) is 11.5 Å². The number of nitrogens with one attached hydrogen (secondary N) is 2. The van der Waals surface area contributed by atoms with Crippen molar-refractivity contribution in [2.45, 2.75) is 13.1 Å². The maximum Gasteiger partial charge on any atom is 0.191 e. The van der Waals surface area contributed by atoms with Crippen LogP contribution in [-0.2, 0) is 13.1 Å². The summed E-state index contributed by atoms with van der Waals surface area (Å²) in [5.74, 6) is 0.426. The summed E-state index contributed by atoms with van der Waals surface area (Å²) in [6.45, 7) is 0.874. The highest BCUT2D eigenvalue weighted by atomic mass is 127.